The number of carbonyl (C=O) groups is 2. The average molecular weight is 470 g/mol. The van der Waals surface area contributed by atoms with Crippen LogP contribution in [0.3, 0.4) is 0 Å². The standard InChI is InChI=1S/C25H21Cl2NO4/c26-18-9-10-22(32-15-24(30)31)20(14-18)25-19-7-3-1-5-16(19)11-12-28(25)23(29)13-17-6-2-4-8-21(17)27/h1-10,14,25H,11-13,15H2,(H,30,31). The van der Waals surface area contributed by atoms with Crippen molar-refractivity contribution in [2.45, 2.75) is 18.9 Å². The predicted octanol–water partition coefficient (Wildman–Crippen LogP) is 5.17. The molecule has 0 bridgehead atoms. The molecule has 1 N–H and O–H groups in total. The molecule has 1 amide bonds. The first-order valence-electron chi connectivity index (χ1n) is 10.2. The first kappa shape index (κ1) is 22.2. The lowest BCUT2D eigenvalue weighted by Crippen LogP contribution is -2.41. The molecule has 5 nitrogen and oxygen atoms in total. The van der Waals surface area contributed by atoms with Crippen molar-refractivity contribution in [3.05, 3.63) is 99.0 Å². The second-order valence-electron chi connectivity index (χ2n) is 7.57. The molecule has 0 spiro atoms. The van der Waals surface area contributed by atoms with E-state index in [0.29, 0.717) is 34.3 Å². The molecule has 4 rings (SSSR count). The molecule has 0 saturated carbocycles. The molecule has 7 heteroatoms. The first-order valence-corrected chi connectivity index (χ1v) is 10.9. The number of nitrogens with zero attached hydrogens (tertiary/aromatic N) is 1. The van der Waals surface area contributed by atoms with Gasteiger partial charge in [-0.3, -0.25) is 4.79 Å². The van der Waals surface area contributed by atoms with Gasteiger partial charge in [0.25, 0.3) is 0 Å². The Kier molecular flexibility index (Phi) is 6.68. The Morgan fingerprint density at radius 1 is 1.00 bits per heavy atom. The van der Waals surface area contributed by atoms with Gasteiger partial charge < -0.3 is 14.7 Å². The van der Waals surface area contributed by atoms with Crippen LogP contribution in [0.25, 0.3) is 0 Å². The summed E-state index contributed by atoms with van der Waals surface area (Å²) in [6, 6.07) is 19.8. The molecule has 0 radical (unpaired) electrons. The van der Waals surface area contributed by atoms with Crippen LogP contribution < -0.4 is 4.74 Å². The van der Waals surface area contributed by atoms with Crippen LogP contribution in [-0.2, 0) is 22.4 Å². The molecule has 1 aliphatic rings. The van der Waals surface area contributed by atoms with E-state index in [9.17, 15) is 9.59 Å². The van der Waals surface area contributed by atoms with Gasteiger partial charge in [-0.15, -0.1) is 0 Å². The van der Waals surface area contributed by atoms with Crippen molar-refractivity contribution >= 4 is 35.1 Å². The van der Waals surface area contributed by atoms with Crippen LogP contribution in [0.1, 0.15) is 28.3 Å². The minimum atomic E-state index is -1.08. The van der Waals surface area contributed by atoms with E-state index in [1.54, 1.807) is 29.2 Å². The van der Waals surface area contributed by atoms with Gasteiger partial charge in [0.2, 0.25) is 5.91 Å². The second-order valence-corrected chi connectivity index (χ2v) is 8.41. The van der Waals surface area contributed by atoms with Gasteiger partial charge in [-0.2, -0.15) is 0 Å². The Hall–Kier alpha value is -3.02. The Morgan fingerprint density at radius 3 is 2.53 bits per heavy atom. The predicted molar refractivity (Wildman–Crippen MR) is 123 cm³/mol. The summed E-state index contributed by atoms with van der Waals surface area (Å²) in [5.74, 6) is -0.780. The highest BCUT2D eigenvalue weighted by atomic mass is 35.5. The minimum absolute atomic E-state index is 0.0817. The zero-order valence-corrected chi connectivity index (χ0v) is 18.6. The Labute approximate surface area is 196 Å². The second kappa shape index (κ2) is 9.63. The smallest absolute Gasteiger partial charge is 0.341 e. The maximum atomic E-state index is 13.5. The van der Waals surface area contributed by atoms with Gasteiger partial charge in [-0.25, -0.2) is 4.79 Å². The molecule has 3 aromatic rings. The minimum Gasteiger partial charge on any atom is -0.482 e. The van der Waals surface area contributed by atoms with Gasteiger partial charge in [-0.05, 0) is 47.4 Å². The summed E-state index contributed by atoms with van der Waals surface area (Å²) >= 11 is 12.6. The molecule has 1 heterocycles. The van der Waals surface area contributed by atoms with Crippen molar-refractivity contribution < 1.29 is 19.4 Å². The van der Waals surface area contributed by atoms with Crippen molar-refractivity contribution in [2.75, 3.05) is 13.2 Å². The Balaban J connectivity index is 1.77. The van der Waals surface area contributed by atoms with Gasteiger partial charge in [0.15, 0.2) is 6.61 Å². The molecular weight excluding hydrogens is 449 g/mol. The number of benzene rings is 3. The summed E-state index contributed by atoms with van der Waals surface area (Å²) in [5, 5.41) is 10.1. The topological polar surface area (TPSA) is 66.8 Å². The number of ether oxygens (including phenoxy) is 1. The van der Waals surface area contributed by atoms with Gasteiger partial charge in [0.05, 0.1) is 12.5 Å². The third kappa shape index (κ3) is 4.74. The van der Waals surface area contributed by atoms with Crippen LogP contribution in [0, 0.1) is 0 Å². The molecule has 1 aliphatic heterocycles. The summed E-state index contributed by atoms with van der Waals surface area (Å²) in [4.78, 5) is 26.4. The van der Waals surface area contributed by atoms with Crippen LogP contribution in [0.2, 0.25) is 10.0 Å². The highest BCUT2D eigenvalue weighted by Gasteiger charge is 2.34. The van der Waals surface area contributed by atoms with Gasteiger partial charge in [0, 0.05) is 22.2 Å². The third-order valence-electron chi connectivity index (χ3n) is 5.52. The van der Waals surface area contributed by atoms with E-state index in [-0.39, 0.29) is 12.3 Å². The largest absolute Gasteiger partial charge is 0.482 e. The van der Waals surface area contributed by atoms with Crippen LogP contribution in [0.4, 0.5) is 0 Å². The molecular formula is C25H21Cl2NO4. The highest BCUT2D eigenvalue weighted by molar-refractivity contribution is 6.31. The van der Waals surface area contributed by atoms with E-state index in [1.165, 1.54) is 0 Å². The molecule has 3 aromatic carbocycles. The summed E-state index contributed by atoms with van der Waals surface area (Å²) in [6.45, 7) is 0.0203. The molecule has 1 atom stereocenters. The van der Waals surface area contributed by atoms with E-state index in [4.69, 9.17) is 33.0 Å². The molecule has 32 heavy (non-hydrogen) atoms. The molecule has 164 valence electrons. The van der Waals surface area contributed by atoms with Crippen LogP contribution in [0.15, 0.2) is 66.7 Å². The number of rotatable bonds is 6. The fourth-order valence-corrected chi connectivity index (χ4v) is 4.46. The van der Waals surface area contributed by atoms with E-state index in [2.05, 4.69) is 0 Å². The Bertz CT molecular complexity index is 1160. The van der Waals surface area contributed by atoms with Crippen molar-refractivity contribution in [1.82, 2.24) is 4.90 Å². The summed E-state index contributed by atoms with van der Waals surface area (Å²) < 4.78 is 5.57. The zero-order chi connectivity index (χ0) is 22.7. The van der Waals surface area contributed by atoms with Crippen molar-refractivity contribution in [3.8, 4) is 5.75 Å². The zero-order valence-electron chi connectivity index (χ0n) is 17.1. The normalized spacial score (nSPS) is 15.2. The first-order chi connectivity index (χ1) is 15.4. The molecule has 0 aromatic heterocycles. The Morgan fingerprint density at radius 2 is 1.75 bits per heavy atom. The van der Waals surface area contributed by atoms with Crippen molar-refractivity contribution in [1.29, 1.82) is 0 Å². The quantitative estimate of drug-likeness (QED) is 0.540. The van der Waals surface area contributed by atoms with Crippen LogP contribution in [0.5, 0.6) is 5.75 Å². The van der Waals surface area contributed by atoms with E-state index >= 15 is 0 Å². The van der Waals surface area contributed by atoms with E-state index in [1.807, 2.05) is 42.5 Å². The number of halogens is 2. The summed E-state index contributed by atoms with van der Waals surface area (Å²) in [6.07, 6.45) is 0.872. The van der Waals surface area contributed by atoms with Gasteiger partial charge >= 0.3 is 5.97 Å². The van der Waals surface area contributed by atoms with Gasteiger partial charge in [-0.1, -0.05) is 65.7 Å². The monoisotopic (exact) mass is 469 g/mol. The highest BCUT2D eigenvalue weighted by Crippen LogP contribution is 2.41. The van der Waals surface area contributed by atoms with E-state index in [0.717, 1.165) is 16.7 Å². The van der Waals surface area contributed by atoms with Crippen LogP contribution >= 0.6 is 23.2 Å². The number of carbonyl (C=O) groups excluding carboxylic acids is 1. The maximum Gasteiger partial charge on any atom is 0.341 e. The molecule has 0 aliphatic carbocycles. The lowest BCUT2D eigenvalue weighted by atomic mass is 9.87. The molecule has 0 fully saturated rings. The molecule has 1 unspecified atom stereocenters. The van der Waals surface area contributed by atoms with Crippen LogP contribution in [-0.4, -0.2) is 35.0 Å². The number of amides is 1. The SMILES string of the molecule is O=C(O)COc1ccc(Cl)cc1C1c2ccccc2CCN1C(=O)Cc1ccccc1Cl. The maximum absolute atomic E-state index is 13.5. The molecule has 0 saturated heterocycles. The summed E-state index contributed by atoms with van der Waals surface area (Å²) in [5.41, 5.74) is 3.50. The third-order valence-corrected chi connectivity index (χ3v) is 6.12. The van der Waals surface area contributed by atoms with Gasteiger partial charge in [0.1, 0.15) is 5.75 Å². The number of aliphatic carboxylic acids is 1. The average Bonchev–Trinajstić information content (AvgIpc) is 2.78. The number of hydrogen-bond donors (Lipinski definition) is 1. The van der Waals surface area contributed by atoms with Crippen molar-refractivity contribution in [2.24, 2.45) is 0 Å². The fraction of sp³-hybridized carbons (Fsp3) is 0.200. The number of hydrogen-bond acceptors (Lipinski definition) is 3. The number of carboxylic acid groups (broad SMARTS) is 1. The van der Waals surface area contributed by atoms with Crippen molar-refractivity contribution in [3.63, 3.8) is 0 Å². The fourth-order valence-electron chi connectivity index (χ4n) is 4.08. The lowest BCUT2D eigenvalue weighted by Gasteiger charge is -2.38. The number of carboxylic acids is 1. The summed E-state index contributed by atoms with van der Waals surface area (Å²) in [7, 11) is 0. The lowest BCUT2D eigenvalue weighted by molar-refractivity contribution is -0.139. The number of fused-ring (bicyclic) bond motifs is 1. The van der Waals surface area contributed by atoms with E-state index < -0.39 is 18.6 Å².